The molecular formula is C14H20O2. The normalized spacial score (nSPS) is 10.2. The van der Waals surface area contributed by atoms with Crippen molar-refractivity contribution in [1.29, 1.82) is 0 Å². The third-order valence-electron chi connectivity index (χ3n) is 2.66. The Labute approximate surface area is 97.6 Å². The van der Waals surface area contributed by atoms with E-state index in [0.717, 1.165) is 24.8 Å². The predicted octanol–water partition coefficient (Wildman–Crippen LogP) is 3.77. The van der Waals surface area contributed by atoms with Crippen LogP contribution in [0.4, 0.5) is 0 Å². The molecule has 0 spiro atoms. The minimum atomic E-state index is 0.185. The zero-order valence-corrected chi connectivity index (χ0v) is 10.4. The Bertz CT molecular complexity index is 356. The topological polar surface area (TPSA) is 26.3 Å². The minimum absolute atomic E-state index is 0.185. The summed E-state index contributed by atoms with van der Waals surface area (Å²) in [6.45, 7) is 4.13. The van der Waals surface area contributed by atoms with Crippen LogP contribution in [0.5, 0.6) is 5.75 Å². The van der Waals surface area contributed by atoms with E-state index in [2.05, 4.69) is 6.92 Å². The van der Waals surface area contributed by atoms with Crippen molar-refractivity contribution in [2.75, 3.05) is 7.11 Å². The summed E-state index contributed by atoms with van der Waals surface area (Å²) in [4.78, 5) is 11.9. The minimum Gasteiger partial charge on any atom is -0.496 e. The van der Waals surface area contributed by atoms with Crippen molar-refractivity contribution in [3.63, 3.8) is 0 Å². The van der Waals surface area contributed by atoms with Crippen molar-refractivity contribution < 1.29 is 9.53 Å². The van der Waals surface area contributed by atoms with Gasteiger partial charge in [0, 0.05) is 6.42 Å². The average molecular weight is 220 g/mol. The van der Waals surface area contributed by atoms with E-state index in [0.29, 0.717) is 17.7 Å². The molecule has 0 aliphatic rings. The highest BCUT2D eigenvalue weighted by Gasteiger charge is 2.11. The van der Waals surface area contributed by atoms with E-state index in [-0.39, 0.29) is 5.78 Å². The van der Waals surface area contributed by atoms with E-state index in [1.165, 1.54) is 0 Å². The quantitative estimate of drug-likeness (QED) is 0.539. The van der Waals surface area contributed by atoms with Crippen LogP contribution in [-0.2, 0) is 0 Å². The first kappa shape index (κ1) is 12.8. The molecule has 0 atom stereocenters. The summed E-state index contributed by atoms with van der Waals surface area (Å²) in [5.41, 5.74) is 1.83. The van der Waals surface area contributed by atoms with Crippen molar-refractivity contribution in [2.45, 2.75) is 39.5 Å². The van der Waals surface area contributed by atoms with Crippen LogP contribution in [0.25, 0.3) is 0 Å². The number of carbonyl (C=O) groups excluding carboxylic acids is 1. The van der Waals surface area contributed by atoms with E-state index in [1.54, 1.807) is 7.11 Å². The van der Waals surface area contributed by atoms with Gasteiger partial charge < -0.3 is 4.74 Å². The zero-order valence-electron chi connectivity index (χ0n) is 10.4. The van der Waals surface area contributed by atoms with Crippen LogP contribution in [0.1, 0.15) is 48.5 Å². The number of ether oxygens (including phenoxy) is 1. The van der Waals surface area contributed by atoms with E-state index in [9.17, 15) is 4.79 Å². The van der Waals surface area contributed by atoms with Gasteiger partial charge in [0.25, 0.3) is 0 Å². The molecular weight excluding hydrogens is 200 g/mol. The Morgan fingerprint density at radius 3 is 2.69 bits per heavy atom. The summed E-state index contributed by atoms with van der Waals surface area (Å²) in [6.07, 6.45) is 3.83. The molecule has 0 saturated carbocycles. The monoisotopic (exact) mass is 220 g/mol. The summed E-state index contributed by atoms with van der Waals surface area (Å²) in [6, 6.07) is 5.73. The molecule has 0 fully saturated rings. The Balaban J connectivity index is 2.74. The maximum atomic E-state index is 11.9. The molecule has 0 unspecified atom stereocenters. The highest BCUT2D eigenvalue weighted by atomic mass is 16.5. The number of hydrogen-bond acceptors (Lipinski definition) is 2. The van der Waals surface area contributed by atoms with Gasteiger partial charge in [0.05, 0.1) is 12.7 Å². The molecule has 2 heteroatoms. The molecule has 0 saturated heterocycles. The first-order valence-electron chi connectivity index (χ1n) is 5.87. The van der Waals surface area contributed by atoms with E-state index in [1.807, 2.05) is 25.1 Å². The second-order valence-corrected chi connectivity index (χ2v) is 4.08. The molecule has 2 nitrogen and oxygen atoms in total. The molecule has 1 aromatic carbocycles. The summed E-state index contributed by atoms with van der Waals surface area (Å²) >= 11 is 0. The molecule has 0 N–H and O–H groups in total. The lowest BCUT2D eigenvalue weighted by Gasteiger charge is -2.08. The van der Waals surface area contributed by atoms with Gasteiger partial charge >= 0.3 is 0 Å². The lowest BCUT2D eigenvalue weighted by Crippen LogP contribution is -2.02. The third kappa shape index (κ3) is 3.37. The molecule has 0 aromatic heterocycles. The van der Waals surface area contributed by atoms with Crippen molar-refractivity contribution in [3.8, 4) is 5.75 Å². The third-order valence-corrected chi connectivity index (χ3v) is 2.66. The second-order valence-electron chi connectivity index (χ2n) is 4.08. The molecule has 0 aliphatic carbocycles. The number of hydrogen-bond donors (Lipinski definition) is 0. The summed E-state index contributed by atoms with van der Waals surface area (Å²) in [5, 5.41) is 0. The standard InChI is InChI=1S/C14H20O2/c1-4-5-6-7-13(15)12-9-8-11(2)10-14(12)16-3/h8-10H,4-7H2,1-3H3. The summed E-state index contributed by atoms with van der Waals surface area (Å²) in [7, 11) is 1.61. The number of benzene rings is 1. The number of carbonyl (C=O) groups is 1. The first-order chi connectivity index (χ1) is 7.69. The fourth-order valence-corrected chi connectivity index (χ4v) is 1.70. The summed E-state index contributed by atoms with van der Waals surface area (Å²) < 4.78 is 5.23. The second kappa shape index (κ2) is 6.31. The lowest BCUT2D eigenvalue weighted by atomic mass is 10.0. The predicted molar refractivity (Wildman–Crippen MR) is 66.2 cm³/mol. The maximum absolute atomic E-state index is 11.9. The van der Waals surface area contributed by atoms with E-state index < -0.39 is 0 Å². The first-order valence-corrected chi connectivity index (χ1v) is 5.87. The largest absolute Gasteiger partial charge is 0.496 e. The zero-order chi connectivity index (χ0) is 12.0. The van der Waals surface area contributed by atoms with Gasteiger partial charge in [0.2, 0.25) is 0 Å². The van der Waals surface area contributed by atoms with Gasteiger partial charge in [0.1, 0.15) is 5.75 Å². The molecule has 88 valence electrons. The van der Waals surface area contributed by atoms with Gasteiger partial charge in [-0.15, -0.1) is 0 Å². The molecule has 1 rings (SSSR count). The number of Topliss-reactive ketones (excluding diaryl/α,β-unsaturated/α-hetero) is 1. The number of methoxy groups -OCH3 is 1. The van der Waals surface area contributed by atoms with E-state index >= 15 is 0 Å². The van der Waals surface area contributed by atoms with Crippen molar-refractivity contribution >= 4 is 5.78 Å². The van der Waals surface area contributed by atoms with Gasteiger partial charge in [-0.1, -0.05) is 25.8 Å². The molecule has 16 heavy (non-hydrogen) atoms. The number of rotatable bonds is 6. The number of aryl methyl sites for hydroxylation is 1. The van der Waals surface area contributed by atoms with Crippen molar-refractivity contribution in [3.05, 3.63) is 29.3 Å². The summed E-state index contributed by atoms with van der Waals surface area (Å²) in [5.74, 6) is 0.881. The van der Waals surface area contributed by atoms with E-state index in [4.69, 9.17) is 4.74 Å². The van der Waals surface area contributed by atoms with Gasteiger partial charge in [-0.3, -0.25) is 4.79 Å². The van der Waals surface area contributed by atoms with Crippen LogP contribution in [0, 0.1) is 6.92 Å². The fourth-order valence-electron chi connectivity index (χ4n) is 1.70. The highest BCUT2D eigenvalue weighted by Crippen LogP contribution is 2.22. The van der Waals surface area contributed by atoms with Gasteiger partial charge in [-0.05, 0) is 31.0 Å². The van der Waals surface area contributed by atoms with Crippen molar-refractivity contribution in [1.82, 2.24) is 0 Å². The fraction of sp³-hybridized carbons (Fsp3) is 0.500. The Morgan fingerprint density at radius 2 is 2.06 bits per heavy atom. The highest BCUT2D eigenvalue weighted by molar-refractivity contribution is 5.98. The van der Waals surface area contributed by atoms with Crippen LogP contribution in [-0.4, -0.2) is 12.9 Å². The molecule has 0 bridgehead atoms. The average Bonchev–Trinajstić information content (AvgIpc) is 2.29. The Kier molecular flexibility index (Phi) is 5.03. The Morgan fingerprint density at radius 1 is 1.31 bits per heavy atom. The number of unbranched alkanes of at least 4 members (excludes halogenated alkanes) is 2. The van der Waals surface area contributed by atoms with Crippen LogP contribution < -0.4 is 4.74 Å². The van der Waals surface area contributed by atoms with Crippen LogP contribution in [0.2, 0.25) is 0 Å². The molecule has 0 heterocycles. The van der Waals surface area contributed by atoms with Crippen LogP contribution in [0.3, 0.4) is 0 Å². The number of ketones is 1. The van der Waals surface area contributed by atoms with Crippen LogP contribution in [0.15, 0.2) is 18.2 Å². The SMILES string of the molecule is CCCCCC(=O)c1ccc(C)cc1OC. The molecule has 0 aliphatic heterocycles. The van der Waals surface area contributed by atoms with Crippen LogP contribution >= 0.6 is 0 Å². The van der Waals surface area contributed by atoms with Gasteiger partial charge in [0.15, 0.2) is 5.78 Å². The van der Waals surface area contributed by atoms with Gasteiger partial charge in [-0.25, -0.2) is 0 Å². The molecule has 0 amide bonds. The Hall–Kier alpha value is -1.31. The van der Waals surface area contributed by atoms with Gasteiger partial charge in [-0.2, -0.15) is 0 Å². The van der Waals surface area contributed by atoms with Crippen molar-refractivity contribution in [2.24, 2.45) is 0 Å². The molecule has 1 aromatic rings. The smallest absolute Gasteiger partial charge is 0.166 e. The lowest BCUT2D eigenvalue weighted by molar-refractivity contribution is 0.0976. The molecule has 0 radical (unpaired) electrons. The maximum Gasteiger partial charge on any atom is 0.166 e.